The lowest BCUT2D eigenvalue weighted by Crippen LogP contribution is -2.48. The number of hydrogen-bond acceptors (Lipinski definition) is 6. The molecule has 1 aromatic carbocycles. The van der Waals surface area contributed by atoms with E-state index in [1.807, 2.05) is 48.4 Å². The minimum Gasteiger partial charge on any atom is -0.379 e. The predicted octanol–water partition coefficient (Wildman–Crippen LogP) is 2.48. The fraction of sp³-hybridized carbons (Fsp3) is 0.522. The molecule has 7 nitrogen and oxygen atoms in total. The normalized spacial score (nSPS) is 15.6. The summed E-state index contributed by atoms with van der Waals surface area (Å²) in [7, 11) is 0. The second kappa shape index (κ2) is 11.5. The Morgan fingerprint density at radius 3 is 2.65 bits per heavy atom. The molecule has 0 saturated carbocycles. The van der Waals surface area contributed by atoms with Crippen molar-refractivity contribution in [1.82, 2.24) is 19.8 Å². The van der Waals surface area contributed by atoms with Crippen molar-refractivity contribution in [2.45, 2.75) is 44.4 Å². The number of aromatic amines is 1. The van der Waals surface area contributed by atoms with Crippen LogP contribution in [0.1, 0.15) is 30.2 Å². The van der Waals surface area contributed by atoms with Gasteiger partial charge in [0.1, 0.15) is 0 Å². The van der Waals surface area contributed by atoms with Gasteiger partial charge in [0.2, 0.25) is 5.91 Å². The third-order valence-electron chi connectivity index (χ3n) is 5.66. The number of amides is 1. The molecular weight excluding hydrogens is 412 g/mol. The molecule has 1 fully saturated rings. The van der Waals surface area contributed by atoms with Gasteiger partial charge in [-0.05, 0) is 32.1 Å². The van der Waals surface area contributed by atoms with Crippen molar-refractivity contribution in [3.63, 3.8) is 0 Å². The van der Waals surface area contributed by atoms with Gasteiger partial charge in [0.05, 0.1) is 13.2 Å². The number of aromatic nitrogens is 2. The third kappa shape index (κ3) is 6.66. The van der Waals surface area contributed by atoms with E-state index in [1.165, 1.54) is 11.8 Å². The molecule has 0 bridgehead atoms. The number of ether oxygens (including phenoxy) is 1. The molecule has 1 amide bonds. The summed E-state index contributed by atoms with van der Waals surface area (Å²) in [5.74, 6) is 0.0531. The second-order valence-electron chi connectivity index (χ2n) is 7.91. The first-order chi connectivity index (χ1) is 15.0. The Bertz CT molecular complexity index is 913. The number of nitrogens with zero attached hydrogens (tertiary/aromatic N) is 3. The summed E-state index contributed by atoms with van der Waals surface area (Å²) in [6, 6.07) is 10.1. The third-order valence-corrected chi connectivity index (χ3v) is 6.24. The van der Waals surface area contributed by atoms with E-state index >= 15 is 0 Å². The molecule has 1 unspecified atom stereocenters. The zero-order valence-corrected chi connectivity index (χ0v) is 19.4. The number of carbonyl (C=O) groups is 1. The van der Waals surface area contributed by atoms with Gasteiger partial charge >= 0.3 is 0 Å². The van der Waals surface area contributed by atoms with E-state index in [4.69, 9.17) is 4.74 Å². The van der Waals surface area contributed by atoms with Crippen LogP contribution in [0.2, 0.25) is 0 Å². The van der Waals surface area contributed by atoms with Crippen LogP contribution in [-0.4, -0.2) is 70.8 Å². The maximum Gasteiger partial charge on any atom is 0.254 e. The molecule has 1 aliphatic rings. The largest absolute Gasteiger partial charge is 0.379 e. The summed E-state index contributed by atoms with van der Waals surface area (Å²) < 4.78 is 5.45. The molecule has 168 valence electrons. The average Bonchev–Trinajstić information content (AvgIpc) is 2.77. The summed E-state index contributed by atoms with van der Waals surface area (Å²) in [5.41, 5.74) is 2.23. The fourth-order valence-electron chi connectivity index (χ4n) is 3.88. The lowest BCUT2D eigenvalue weighted by atomic mass is 10.1. The number of aryl methyl sites for hydroxylation is 1. The SMILES string of the molecule is CSc1nc(C)c(CCC(=O)N(Cc2ccccc2)C(C)CN2CCOCC2)c(=O)[nH]1. The van der Waals surface area contributed by atoms with Gasteiger partial charge in [0, 0.05) is 49.9 Å². The van der Waals surface area contributed by atoms with Crippen LogP contribution in [0.15, 0.2) is 40.3 Å². The van der Waals surface area contributed by atoms with Crippen LogP contribution in [0, 0.1) is 6.92 Å². The molecule has 0 radical (unpaired) electrons. The highest BCUT2D eigenvalue weighted by atomic mass is 32.2. The van der Waals surface area contributed by atoms with Crippen molar-refractivity contribution in [2.75, 3.05) is 39.1 Å². The summed E-state index contributed by atoms with van der Waals surface area (Å²) in [6.07, 6.45) is 2.54. The number of thioether (sulfide) groups is 1. The number of nitrogens with one attached hydrogen (secondary N) is 1. The van der Waals surface area contributed by atoms with Gasteiger partial charge < -0.3 is 14.6 Å². The van der Waals surface area contributed by atoms with Gasteiger partial charge in [-0.25, -0.2) is 4.98 Å². The number of H-pyrrole nitrogens is 1. The van der Waals surface area contributed by atoms with Gasteiger partial charge in [-0.1, -0.05) is 42.1 Å². The topological polar surface area (TPSA) is 78.5 Å². The molecule has 2 aromatic rings. The highest BCUT2D eigenvalue weighted by molar-refractivity contribution is 7.98. The summed E-state index contributed by atoms with van der Waals surface area (Å²) >= 11 is 1.40. The fourth-order valence-corrected chi connectivity index (χ4v) is 4.30. The van der Waals surface area contributed by atoms with Crippen LogP contribution in [0.3, 0.4) is 0 Å². The van der Waals surface area contributed by atoms with E-state index in [2.05, 4.69) is 21.8 Å². The summed E-state index contributed by atoms with van der Waals surface area (Å²) in [4.78, 5) is 37.2. The van der Waals surface area contributed by atoms with Crippen LogP contribution in [-0.2, 0) is 22.5 Å². The smallest absolute Gasteiger partial charge is 0.254 e. The Morgan fingerprint density at radius 1 is 1.29 bits per heavy atom. The van der Waals surface area contributed by atoms with Crippen molar-refractivity contribution in [3.8, 4) is 0 Å². The number of hydrogen-bond donors (Lipinski definition) is 1. The zero-order valence-electron chi connectivity index (χ0n) is 18.6. The Hall–Kier alpha value is -2.16. The molecule has 1 aromatic heterocycles. The van der Waals surface area contributed by atoms with Gasteiger partial charge in [-0.15, -0.1) is 0 Å². The van der Waals surface area contributed by atoms with Crippen molar-refractivity contribution < 1.29 is 9.53 Å². The van der Waals surface area contributed by atoms with Gasteiger partial charge in [0.25, 0.3) is 5.56 Å². The second-order valence-corrected chi connectivity index (χ2v) is 8.70. The molecule has 1 atom stereocenters. The van der Waals surface area contributed by atoms with Crippen molar-refractivity contribution in [1.29, 1.82) is 0 Å². The molecule has 1 aliphatic heterocycles. The van der Waals surface area contributed by atoms with Crippen LogP contribution >= 0.6 is 11.8 Å². The predicted molar refractivity (Wildman–Crippen MR) is 123 cm³/mol. The van der Waals surface area contributed by atoms with E-state index in [9.17, 15) is 9.59 Å². The number of carbonyl (C=O) groups excluding carboxylic acids is 1. The van der Waals surface area contributed by atoms with E-state index in [0.717, 1.165) is 38.4 Å². The summed E-state index contributed by atoms with van der Waals surface area (Å²) in [5, 5.41) is 0.599. The highest BCUT2D eigenvalue weighted by Crippen LogP contribution is 2.15. The lowest BCUT2D eigenvalue weighted by Gasteiger charge is -2.35. The maximum atomic E-state index is 13.3. The molecule has 31 heavy (non-hydrogen) atoms. The van der Waals surface area contributed by atoms with E-state index in [0.29, 0.717) is 29.4 Å². The van der Waals surface area contributed by atoms with Crippen LogP contribution in [0.5, 0.6) is 0 Å². The minimum atomic E-state index is -0.152. The van der Waals surface area contributed by atoms with Crippen molar-refractivity contribution >= 4 is 17.7 Å². The van der Waals surface area contributed by atoms with Gasteiger partial charge in [-0.2, -0.15) is 0 Å². The quantitative estimate of drug-likeness (QED) is 0.473. The van der Waals surface area contributed by atoms with Gasteiger partial charge in [-0.3, -0.25) is 14.5 Å². The molecule has 3 rings (SSSR count). The monoisotopic (exact) mass is 444 g/mol. The lowest BCUT2D eigenvalue weighted by molar-refractivity contribution is -0.134. The first-order valence-corrected chi connectivity index (χ1v) is 12.0. The maximum absolute atomic E-state index is 13.3. The first kappa shape index (κ1) is 23.5. The number of morpholine rings is 1. The average molecular weight is 445 g/mol. The Balaban J connectivity index is 1.71. The van der Waals surface area contributed by atoms with Crippen LogP contribution in [0.25, 0.3) is 0 Å². The summed E-state index contributed by atoms with van der Waals surface area (Å²) in [6.45, 7) is 8.55. The zero-order chi connectivity index (χ0) is 22.2. The minimum absolute atomic E-state index is 0.0531. The Morgan fingerprint density at radius 2 is 2.00 bits per heavy atom. The number of benzene rings is 1. The van der Waals surface area contributed by atoms with Gasteiger partial charge in [0.15, 0.2) is 5.16 Å². The van der Waals surface area contributed by atoms with E-state index in [-0.39, 0.29) is 23.9 Å². The van der Waals surface area contributed by atoms with E-state index in [1.54, 1.807) is 0 Å². The Kier molecular flexibility index (Phi) is 8.69. The molecule has 1 saturated heterocycles. The number of rotatable bonds is 9. The molecule has 0 spiro atoms. The van der Waals surface area contributed by atoms with Crippen molar-refractivity contribution in [3.05, 3.63) is 57.5 Å². The molecule has 1 N–H and O–H groups in total. The molecule has 0 aliphatic carbocycles. The van der Waals surface area contributed by atoms with Crippen LogP contribution in [0.4, 0.5) is 0 Å². The molecule has 8 heteroatoms. The molecular formula is C23H32N4O3S. The first-order valence-electron chi connectivity index (χ1n) is 10.7. The van der Waals surface area contributed by atoms with Crippen molar-refractivity contribution in [2.24, 2.45) is 0 Å². The van der Waals surface area contributed by atoms with Crippen LogP contribution < -0.4 is 5.56 Å². The standard InChI is InChI=1S/C23H32N4O3S/c1-17(15-26-11-13-30-14-12-26)27(16-19-7-5-4-6-8-19)21(28)10-9-20-18(2)24-23(31-3)25-22(20)29/h4-8,17H,9-16H2,1-3H3,(H,24,25,29). The Labute approximate surface area is 188 Å². The van der Waals surface area contributed by atoms with E-state index < -0.39 is 0 Å². The molecule has 2 heterocycles. The highest BCUT2D eigenvalue weighted by Gasteiger charge is 2.24.